The van der Waals surface area contributed by atoms with Crippen LogP contribution in [0.25, 0.3) is 16.3 Å². The molecule has 4 aromatic rings. The van der Waals surface area contributed by atoms with Crippen molar-refractivity contribution in [2.75, 3.05) is 11.1 Å². The maximum atomic E-state index is 12.1. The van der Waals surface area contributed by atoms with E-state index in [1.165, 1.54) is 23.1 Å². The van der Waals surface area contributed by atoms with E-state index in [1.807, 2.05) is 47.2 Å². The van der Waals surface area contributed by atoms with Gasteiger partial charge < -0.3 is 4.42 Å². The molecule has 0 unspecified atom stereocenters. The molecule has 0 saturated carbocycles. The highest BCUT2D eigenvalue weighted by molar-refractivity contribution is 7.99. The van der Waals surface area contributed by atoms with Crippen molar-refractivity contribution in [1.82, 2.24) is 19.6 Å². The number of carbonyl (C=O) groups excluding carboxylic acids is 1. The van der Waals surface area contributed by atoms with Gasteiger partial charge in [0.2, 0.25) is 5.91 Å². The molecule has 0 saturated heterocycles. The minimum Gasteiger partial charge on any atom is -0.402 e. The van der Waals surface area contributed by atoms with E-state index in [1.54, 1.807) is 6.20 Å². The van der Waals surface area contributed by atoms with Crippen molar-refractivity contribution in [3.05, 3.63) is 47.6 Å². The standard InChI is InChI=1S/C16H13N5O2S2/c1-10-5-7-24-13(10)14-19-20-15(23-14)18-12(22)9-25-16-17-8-11-4-2-3-6-21(11)16/h2-8H,9H2,1H3,(H,18,20,22). The van der Waals surface area contributed by atoms with Gasteiger partial charge in [-0.15, -0.1) is 16.4 Å². The van der Waals surface area contributed by atoms with Gasteiger partial charge in [0.15, 0.2) is 5.16 Å². The molecular formula is C16H13N5O2S2. The summed E-state index contributed by atoms with van der Waals surface area (Å²) in [6.45, 7) is 1.97. The molecular weight excluding hydrogens is 358 g/mol. The molecule has 0 spiro atoms. The van der Waals surface area contributed by atoms with Crippen LogP contribution < -0.4 is 5.32 Å². The number of nitrogens with zero attached hydrogens (tertiary/aromatic N) is 4. The van der Waals surface area contributed by atoms with E-state index in [0.29, 0.717) is 5.89 Å². The van der Waals surface area contributed by atoms with Crippen molar-refractivity contribution in [1.29, 1.82) is 0 Å². The van der Waals surface area contributed by atoms with Crippen molar-refractivity contribution in [3.8, 4) is 10.8 Å². The quantitative estimate of drug-likeness (QED) is 0.541. The van der Waals surface area contributed by atoms with E-state index in [9.17, 15) is 4.79 Å². The fourth-order valence-corrected chi connectivity index (χ4v) is 3.88. The van der Waals surface area contributed by atoms with E-state index in [0.717, 1.165) is 21.1 Å². The first-order valence-electron chi connectivity index (χ1n) is 7.43. The second-order valence-electron chi connectivity index (χ2n) is 5.22. The number of hydrogen-bond acceptors (Lipinski definition) is 7. The second-order valence-corrected chi connectivity index (χ2v) is 7.08. The van der Waals surface area contributed by atoms with Crippen LogP contribution in [-0.4, -0.2) is 31.2 Å². The molecule has 25 heavy (non-hydrogen) atoms. The van der Waals surface area contributed by atoms with Gasteiger partial charge in [0, 0.05) is 6.20 Å². The molecule has 1 amide bonds. The fraction of sp³-hybridized carbons (Fsp3) is 0.125. The maximum absolute atomic E-state index is 12.1. The zero-order chi connectivity index (χ0) is 17.2. The molecule has 0 aliphatic rings. The lowest BCUT2D eigenvalue weighted by Gasteiger charge is -2.01. The molecule has 1 N–H and O–H groups in total. The summed E-state index contributed by atoms with van der Waals surface area (Å²) in [6.07, 6.45) is 3.68. The van der Waals surface area contributed by atoms with Gasteiger partial charge in [-0.2, -0.15) is 0 Å². The molecule has 0 fully saturated rings. The first-order valence-corrected chi connectivity index (χ1v) is 9.30. The van der Waals surface area contributed by atoms with Crippen molar-refractivity contribution in [2.24, 2.45) is 0 Å². The molecule has 0 aromatic carbocycles. The molecule has 0 bridgehead atoms. The number of aromatic nitrogens is 4. The van der Waals surface area contributed by atoms with Gasteiger partial charge in [-0.25, -0.2) is 4.98 Å². The molecule has 0 aliphatic carbocycles. The number of rotatable bonds is 5. The van der Waals surface area contributed by atoms with Crippen LogP contribution in [0.1, 0.15) is 5.56 Å². The average Bonchev–Trinajstić information content (AvgIpc) is 3.32. The molecule has 7 nitrogen and oxygen atoms in total. The first kappa shape index (κ1) is 15.9. The molecule has 126 valence electrons. The predicted molar refractivity (Wildman–Crippen MR) is 96.9 cm³/mol. The maximum Gasteiger partial charge on any atom is 0.322 e. The predicted octanol–water partition coefficient (Wildman–Crippen LogP) is 3.49. The Hall–Kier alpha value is -2.65. The Morgan fingerprint density at radius 3 is 3.12 bits per heavy atom. The van der Waals surface area contributed by atoms with E-state index >= 15 is 0 Å². The largest absolute Gasteiger partial charge is 0.402 e. The third kappa shape index (κ3) is 3.28. The van der Waals surface area contributed by atoms with Crippen LogP contribution in [0, 0.1) is 6.92 Å². The molecule has 0 aliphatic heterocycles. The molecule has 0 atom stereocenters. The van der Waals surface area contributed by atoms with Crippen molar-refractivity contribution < 1.29 is 9.21 Å². The van der Waals surface area contributed by atoms with E-state index < -0.39 is 0 Å². The Kier molecular flexibility index (Phi) is 4.24. The number of hydrogen-bond donors (Lipinski definition) is 1. The SMILES string of the molecule is Cc1ccsc1-c1nnc(NC(=O)CSc2ncc3ccccn23)o1. The number of thioether (sulfide) groups is 1. The van der Waals surface area contributed by atoms with Crippen LogP contribution in [0.5, 0.6) is 0 Å². The number of carbonyl (C=O) groups is 1. The summed E-state index contributed by atoms with van der Waals surface area (Å²) in [6, 6.07) is 7.91. The van der Waals surface area contributed by atoms with Crippen LogP contribution in [0.2, 0.25) is 0 Å². The number of aryl methyl sites for hydroxylation is 1. The number of fused-ring (bicyclic) bond motifs is 1. The molecule has 9 heteroatoms. The van der Waals surface area contributed by atoms with Crippen LogP contribution >= 0.6 is 23.1 Å². The van der Waals surface area contributed by atoms with Gasteiger partial charge in [-0.1, -0.05) is 22.9 Å². The van der Waals surface area contributed by atoms with Crippen LogP contribution in [0.15, 0.2) is 51.6 Å². The highest BCUT2D eigenvalue weighted by Crippen LogP contribution is 2.28. The number of imidazole rings is 1. The first-order chi connectivity index (χ1) is 12.2. The Balaban J connectivity index is 1.39. The van der Waals surface area contributed by atoms with E-state index in [2.05, 4.69) is 20.5 Å². The zero-order valence-corrected chi connectivity index (χ0v) is 14.8. The number of amides is 1. The summed E-state index contributed by atoms with van der Waals surface area (Å²) in [5.41, 5.74) is 2.05. The fourth-order valence-electron chi connectivity index (χ4n) is 2.27. The van der Waals surface area contributed by atoms with E-state index in [-0.39, 0.29) is 17.7 Å². The third-order valence-electron chi connectivity index (χ3n) is 3.46. The topological polar surface area (TPSA) is 85.3 Å². The van der Waals surface area contributed by atoms with Crippen LogP contribution in [0.4, 0.5) is 6.01 Å². The Labute approximate surface area is 151 Å². The van der Waals surface area contributed by atoms with Crippen molar-refractivity contribution in [2.45, 2.75) is 12.1 Å². The third-order valence-corrected chi connectivity index (χ3v) is 5.44. The smallest absolute Gasteiger partial charge is 0.322 e. The molecule has 4 aromatic heterocycles. The summed E-state index contributed by atoms with van der Waals surface area (Å²) >= 11 is 2.86. The van der Waals surface area contributed by atoms with Gasteiger partial charge in [-0.3, -0.25) is 14.5 Å². The lowest BCUT2D eigenvalue weighted by molar-refractivity contribution is -0.113. The highest BCUT2D eigenvalue weighted by Gasteiger charge is 2.14. The summed E-state index contributed by atoms with van der Waals surface area (Å²) in [4.78, 5) is 17.3. The van der Waals surface area contributed by atoms with Crippen molar-refractivity contribution >= 4 is 40.5 Å². The zero-order valence-electron chi connectivity index (χ0n) is 13.2. The van der Waals surface area contributed by atoms with Gasteiger partial charge in [0.25, 0.3) is 5.89 Å². The lowest BCUT2D eigenvalue weighted by Crippen LogP contribution is -2.14. The molecule has 0 radical (unpaired) electrons. The Morgan fingerprint density at radius 1 is 1.36 bits per heavy atom. The summed E-state index contributed by atoms with van der Waals surface area (Å²) in [5, 5.41) is 13.2. The number of nitrogens with one attached hydrogen (secondary N) is 1. The highest BCUT2D eigenvalue weighted by atomic mass is 32.2. The molecule has 4 heterocycles. The number of pyridine rings is 1. The normalized spacial score (nSPS) is 11.1. The summed E-state index contributed by atoms with van der Waals surface area (Å²) < 4.78 is 7.45. The number of anilines is 1. The number of thiophene rings is 1. The van der Waals surface area contributed by atoms with Gasteiger partial charge >= 0.3 is 6.01 Å². The Bertz CT molecular complexity index is 1040. The second kappa shape index (κ2) is 6.69. The monoisotopic (exact) mass is 371 g/mol. The van der Waals surface area contributed by atoms with Crippen LogP contribution in [-0.2, 0) is 4.79 Å². The minimum atomic E-state index is -0.226. The molecule has 4 rings (SSSR count). The van der Waals surface area contributed by atoms with E-state index in [4.69, 9.17) is 4.42 Å². The van der Waals surface area contributed by atoms with Crippen LogP contribution in [0.3, 0.4) is 0 Å². The van der Waals surface area contributed by atoms with Crippen molar-refractivity contribution in [3.63, 3.8) is 0 Å². The summed E-state index contributed by atoms with van der Waals surface area (Å²) in [5.74, 6) is 0.384. The minimum absolute atomic E-state index is 0.0985. The van der Waals surface area contributed by atoms with Gasteiger partial charge in [0.05, 0.1) is 22.3 Å². The lowest BCUT2D eigenvalue weighted by atomic mass is 10.3. The average molecular weight is 371 g/mol. The Morgan fingerprint density at radius 2 is 2.28 bits per heavy atom. The van der Waals surface area contributed by atoms with Gasteiger partial charge in [-0.05, 0) is 36.1 Å². The van der Waals surface area contributed by atoms with Gasteiger partial charge in [0.1, 0.15) is 0 Å². The summed E-state index contributed by atoms with van der Waals surface area (Å²) in [7, 11) is 0.